The van der Waals surface area contributed by atoms with E-state index in [1.165, 1.54) is 11.1 Å². The molecule has 1 fully saturated rings. The topological polar surface area (TPSA) is 84.1 Å². The second kappa shape index (κ2) is 6.38. The van der Waals surface area contributed by atoms with Gasteiger partial charge in [-0.05, 0) is 62.3 Å². The number of aromatic nitrogens is 2. The third kappa shape index (κ3) is 2.94. The van der Waals surface area contributed by atoms with Crippen LogP contribution < -0.4 is 11.1 Å². The van der Waals surface area contributed by atoms with Crippen molar-refractivity contribution in [2.45, 2.75) is 50.6 Å². The summed E-state index contributed by atoms with van der Waals surface area (Å²) in [5.41, 5.74) is 10.4. The predicted molar refractivity (Wildman–Crippen MR) is 98.3 cm³/mol. The first-order valence-corrected chi connectivity index (χ1v) is 8.86. The molecular formula is C20H22N4O. The highest BCUT2D eigenvalue weighted by molar-refractivity contribution is 5.73. The third-order valence-corrected chi connectivity index (χ3v) is 5.22. The highest BCUT2D eigenvalue weighted by atomic mass is 16.3. The van der Waals surface area contributed by atoms with Crippen molar-refractivity contribution < 1.29 is 5.11 Å². The van der Waals surface area contributed by atoms with Crippen molar-refractivity contribution in [3.8, 4) is 29.4 Å². The van der Waals surface area contributed by atoms with Crippen LogP contribution in [0.3, 0.4) is 0 Å². The fourth-order valence-corrected chi connectivity index (χ4v) is 3.78. The van der Waals surface area contributed by atoms with E-state index in [0.717, 1.165) is 50.0 Å². The minimum atomic E-state index is 0.156. The van der Waals surface area contributed by atoms with Gasteiger partial charge in [0.05, 0.1) is 0 Å². The zero-order chi connectivity index (χ0) is 17.4. The molecule has 1 heterocycles. The molecule has 0 bridgehead atoms. The van der Waals surface area contributed by atoms with E-state index in [9.17, 15) is 5.11 Å². The second-order valence-corrected chi connectivity index (χ2v) is 7.01. The molecule has 25 heavy (non-hydrogen) atoms. The first-order chi connectivity index (χ1) is 12.2. The van der Waals surface area contributed by atoms with Crippen LogP contribution in [-0.4, -0.2) is 27.4 Å². The Labute approximate surface area is 147 Å². The van der Waals surface area contributed by atoms with Crippen LogP contribution in [-0.2, 0) is 12.8 Å². The van der Waals surface area contributed by atoms with Gasteiger partial charge >= 0.3 is 0 Å². The number of anilines is 1. The molecule has 0 atom stereocenters. The van der Waals surface area contributed by atoms with Crippen molar-refractivity contribution in [2.24, 2.45) is 5.73 Å². The highest BCUT2D eigenvalue weighted by Gasteiger charge is 2.28. The van der Waals surface area contributed by atoms with Crippen LogP contribution in [0, 0.1) is 12.3 Å². The number of phenolic OH excluding ortho intramolecular Hbond substituents is 1. The molecule has 1 saturated carbocycles. The van der Waals surface area contributed by atoms with Crippen molar-refractivity contribution in [3.63, 3.8) is 0 Å². The number of benzene rings is 1. The van der Waals surface area contributed by atoms with E-state index in [2.05, 4.69) is 21.4 Å². The molecular weight excluding hydrogens is 312 g/mol. The first kappa shape index (κ1) is 15.9. The van der Waals surface area contributed by atoms with Gasteiger partial charge in [-0.3, -0.25) is 0 Å². The van der Waals surface area contributed by atoms with Crippen LogP contribution in [0.25, 0.3) is 11.3 Å². The summed E-state index contributed by atoms with van der Waals surface area (Å²) in [5.74, 6) is 3.58. The maximum atomic E-state index is 10.4. The van der Waals surface area contributed by atoms with E-state index < -0.39 is 0 Å². The molecule has 0 unspecified atom stereocenters. The Balaban J connectivity index is 1.73. The van der Waals surface area contributed by atoms with Gasteiger partial charge < -0.3 is 16.2 Å². The standard InChI is InChI=1S/C20H22N4O/c1-2-12-7-8-17(18(25)9-12)19-15-5-3-4-6-16(15)20(24-23-19)22-14-10-13(21)11-14/h1,7-9,13-14,25H,3-6,10-11,21H2,(H,22,24)/t13-,14+. The van der Waals surface area contributed by atoms with Crippen molar-refractivity contribution in [1.82, 2.24) is 10.2 Å². The van der Waals surface area contributed by atoms with Gasteiger partial charge in [0.1, 0.15) is 11.4 Å². The van der Waals surface area contributed by atoms with E-state index in [1.54, 1.807) is 6.07 Å². The summed E-state index contributed by atoms with van der Waals surface area (Å²) in [5, 5.41) is 22.8. The smallest absolute Gasteiger partial charge is 0.152 e. The average Bonchev–Trinajstić information content (AvgIpc) is 2.61. The number of terminal acetylenes is 1. The van der Waals surface area contributed by atoms with E-state index in [0.29, 0.717) is 23.2 Å². The molecule has 4 rings (SSSR count). The Bertz CT molecular complexity index is 850. The van der Waals surface area contributed by atoms with E-state index in [1.807, 2.05) is 12.1 Å². The molecule has 2 aromatic rings. The van der Waals surface area contributed by atoms with E-state index in [4.69, 9.17) is 12.2 Å². The molecule has 0 saturated heterocycles. The van der Waals surface area contributed by atoms with Gasteiger partial charge in [0.25, 0.3) is 0 Å². The minimum Gasteiger partial charge on any atom is -0.507 e. The van der Waals surface area contributed by atoms with Crippen LogP contribution in [0.2, 0.25) is 0 Å². The number of hydrogen-bond acceptors (Lipinski definition) is 5. The number of nitrogens with one attached hydrogen (secondary N) is 1. The Morgan fingerprint density at radius 1 is 1.16 bits per heavy atom. The molecule has 128 valence electrons. The molecule has 0 radical (unpaired) electrons. The zero-order valence-corrected chi connectivity index (χ0v) is 14.1. The monoisotopic (exact) mass is 334 g/mol. The number of nitrogens with zero attached hydrogens (tertiary/aromatic N) is 2. The lowest BCUT2D eigenvalue weighted by Gasteiger charge is -2.34. The highest BCUT2D eigenvalue weighted by Crippen LogP contribution is 2.37. The third-order valence-electron chi connectivity index (χ3n) is 5.22. The minimum absolute atomic E-state index is 0.156. The number of hydrogen-bond donors (Lipinski definition) is 3. The van der Waals surface area contributed by atoms with Crippen LogP contribution in [0.15, 0.2) is 18.2 Å². The summed E-state index contributed by atoms with van der Waals surface area (Å²) >= 11 is 0. The lowest BCUT2D eigenvalue weighted by molar-refractivity contribution is 0.372. The fourth-order valence-electron chi connectivity index (χ4n) is 3.78. The number of phenols is 1. The molecule has 1 aromatic carbocycles. The Hall–Kier alpha value is -2.58. The van der Waals surface area contributed by atoms with Gasteiger partial charge in [0.15, 0.2) is 5.82 Å². The van der Waals surface area contributed by atoms with Crippen LogP contribution in [0.1, 0.15) is 42.4 Å². The Morgan fingerprint density at radius 3 is 2.60 bits per heavy atom. The van der Waals surface area contributed by atoms with E-state index in [-0.39, 0.29) is 5.75 Å². The number of nitrogens with two attached hydrogens (primary N) is 1. The van der Waals surface area contributed by atoms with Crippen molar-refractivity contribution >= 4 is 5.82 Å². The molecule has 5 nitrogen and oxygen atoms in total. The lowest BCUT2D eigenvalue weighted by Crippen LogP contribution is -2.44. The Morgan fingerprint density at radius 2 is 1.92 bits per heavy atom. The molecule has 2 aliphatic carbocycles. The molecule has 0 amide bonds. The largest absolute Gasteiger partial charge is 0.507 e. The van der Waals surface area contributed by atoms with Gasteiger partial charge in [0.2, 0.25) is 0 Å². The van der Waals surface area contributed by atoms with Gasteiger partial charge in [-0.1, -0.05) is 5.92 Å². The summed E-state index contributed by atoms with van der Waals surface area (Å²) in [6, 6.07) is 5.96. The quantitative estimate of drug-likeness (QED) is 0.752. The summed E-state index contributed by atoms with van der Waals surface area (Å²) in [6.45, 7) is 0. The normalized spacial score (nSPS) is 21.8. The molecule has 2 aliphatic rings. The predicted octanol–water partition coefficient (Wildman–Crippen LogP) is 2.61. The SMILES string of the molecule is C#Cc1ccc(-c2nnc(N[C@H]3C[C@@H](N)C3)c3c2CCCC3)c(O)c1. The number of rotatable bonds is 3. The van der Waals surface area contributed by atoms with Crippen LogP contribution in [0.4, 0.5) is 5.82 Å². The van der Waals surface area contributed by atoms with Crippen LogP contribution >= 0.6 is 0 Å². The van der Waals surface area contributed by atoms with E-state index >= 15 is 0 Å². The zero-order valence-electron chi connectivity index (χ0n) is 14.1. The van der Waals surface area contributed by atoms with Crippen LogP contribution in [0.5, 0.6) is 5.75 Å². The molecule has 5 heteroatoms. The van der Waals surface area contributed by atoms with Crippen molar-refractivity contribution in [3.05, 3.63) is 34.9 Å². The number of aromatic hydroxyl groups is 1. The Kier molecular flexibility index (Phi) is 4.06. The second-order valence-electron chi connectivity index (χ2n) is 7.01. The molecule has 4 N–H and O–H groups in total. The summed E-state index contributed by atoms with van der Waals surface area (Å²) < 4.78 is 0. The first-order valence-electron chi connectivity index (χ1n) is 8.86. The van der Waals surface area contributed by atoms with Gasteiger partial charge in [0, 0.05) is 28.8 Å². The fraction of sp³-hybridized carbons (Fsp3) is 0.400. The molecule has 0 spiro atoms. The maximum absolute atomic E-state index is 10.4. The van der Waals surface area contributed by atoms with Gasteiger partial charge in [-0.2, -0.15) is 0 Å². The maximum Gasteiger partial charge on any atom is 0.152 e. The summed E-state index contributed by atoms with van der Waals surface area (Å²) in [7, 11) is 0. The van der Waals surface area contributed by atoms with Crippen molar-refractivity contribution in [2.75, 3.05) is 5.32 Å². The van der Waals surface area contributed by atoms with Gasteiger partial charge in [-0.15, -0.1) is 16.6 Å². The van der Waals surface area contributed by atoms with Gasteiger partial charge in [-0.25, -0.2) is 0 Å². The lowest BCUT2D eigenvalue weighted by atomic mass is 9.86. The molecule has 1 aromatic heterocycles. The van der Waals surface area contributed by atoms with Crippen molar-refractivity contribution in [1.29, 1.82) is 0 Å². The summed E-state index contributed by atoms with van der Waals surface area (Å²) in [4.78, 5) is 0. The summed E-state index contributed by atoms with van der Waals surface area (Å²) in [6.07, 6.45) is 11.6. The average molecular weight is 334 g/mol. The number of fused-ring (bicyclic) bond motifs is 1. The molecule has 0 aliphatic heterocycles.